The van der Waals surface area contributed by atoms with Crippen molar-refractivity contribution in [3.05, 3.63) is 42.1 Å². The molecule has 2 heterocycles. The molecule has 0 aliphatic carbocycles. The van der Waals surface area contributed by atoms with Crippen LogP contribution in [0.2, 0.25) is 0 Å². The molecule has 22 heavy (non-hydrogen) atoms. The highest BCUT2D eigenvalue weighted by Gasteiger charge is 2.19. The number of aryl methyl sites for hydroxylation is 1. The van der Waals surface area contributed by atoms with Crippen molar-refractivity contribution in [1.82, 2.24) is 0 Å². The zero-order chi connectivity index (χ0) is 15.3. The number of rotatable bonds is 1. The molecule has 3 aromatic rings. The van der Waals surface area contributed by atoms with Gasteiger partial charge in [0.2, 0.25) is 12.3 Å². The molecule has 0 atom stereocenters. The molecule has 0 fully saturated rings. The second-order valence-corrected chi connectivity index (χ2v) is 5.26. The molecule has 1 aromatic heterocycles. The maximum atomic E-state index is 11.7. The van der Waals surface area contributed by atoms with Gasteiger partial charge in [0, 0.05) is 11.5 Å². The third kappa shape index (κ3) is 1.79. The van der Waals surface area contributed by atoms with Gasteiger partial charge in [-0.15, -0.1) is 0 Å². The summed E-state index contributed by atoms with van der Waals surface area (Å²) < 4.78 is 17.7. The van der Waals surface area contributed by atoms with Gasteiger partial charge in [-0.05, 0) is 24.3 Å². The maximum Gasteiger partial charge on any atom is 0.338 e. The van der Waals surface area contributed by atoms with Crippen LogP contribution in [-0.2, 0) is 11.8 Å². The fourth-order valence-electron chi connectivity index (χ4n) is 2.87. The van der Waals surface area contributed by atoms with Crippen molar-refractivity contribution in [1.29, 1.82) is 0 Å². The van der Waals surface area contributed by atoms with Crippen molar-refractivity contribution in [3.8, 4) is 11.5 Å². The molecule has 0 amide bonds. The third-order valence-corrected chi connectivity index (χ3v) is 3.97. The Morgan fingerprint density at radius 3 is 2.68 bits per heavy atom. The Morgan fingerprint density at radius 2 is 1.91 bits per heavy atom. The monoisotopic (exact) mass is 296 g/mol. The van der Waals surface area contributed by atoms with Crippen molar-refractivity contribution >= 4 is 27.6 Å². The molecule has 4 rings (SSSR count). The van der Waals surface area contributed by atoms with Crippen LogP contribution in [0.5, 0.6) is 11.5 Å². The standard InChI is InChI=1S/C17H14NO4/c1-18-8-11-6-15-16(22-9-21-15)7-13(11)12-4-3-10(5-14(12)18)17(19)20-2/h3-8H,9H2,1-2H3/q+1. The van der Waals surface area contributed by atoms with Gasteiger partial charge in [0.1, 0.15) is 7.05 Å². The Balaban J connectivity index is 2.04. The van der Waals surface area contributed by atoms with Crippen LogP contribution in [0.4, 0.5) is 0 Å². The first kappa shape index (κ1) is 12.9. The number of pyridine rings is 1. The van der Waals surface area contributed by atoms with Crippen LogP contribution in [0, 0.1) is 0 Å². The third-order valence-electron chi connectivity index (χ3n) is 3.97. The minimum Gasteiger partial charge on any atom is -0.465 e. The van der Waals surface area contributed by atoms with Gasteiger partial charge in [-0.2, -0.15) is 0 Å². The largest absolute Gasteiger partial charge is 0.465 e. The van der Waals surface area contributed by atoms with Gasteiger partial charge in [-0.3, -0.25) is 0 Å². The normalized spacial score (nSPS) is 12.8. The highest BCUT2D eigenvalue weighted by molar-refractivity contribution is 6.06. The van der Waals surface area contributed by atoms with E-state index in [1.165, 1.54) is 7.11 Å². The lowest BCUT2D eigenvalue weighted by molar-refractivity contribution is -0.643. The van der Waals surface area contributed by atoms with E-state index < -0.39 is 0 Å². The maximum absolute atomic E-state index is 11.7. The predicted octanol–water partition coefficient (Wildman–Crippen LogP) is 2.33. The van der Waals surface area contributed by atoms with Crippen molar-refractivity contribution in [3.63, 3.8) is 0 Å². The Morgan fingerprint density at radius 1 is 1.14 bits per heavy atom. The van der Waals surface area contributed by atoms with Crippen molar-refractivity contribution in [2.24, 2.45) is 7.05 Å². The second kappa shape index (κ2) is 4.59. The van der Waals surface area contributed by atoms with Crippen LogP contribution < -0.4 is 14.0 Å². The number of aromatic nitrogens is 1. The topological polar surface area (TPSA) is 48.6 Å². The van der Waals surface area contributed by atoms with Crippen LogP contribution in [0.25, 0.3) is 21.7 Å². The summed E-state index contributed by atoms with van der Waals surface area (Å²) in [6.45, 7) is 0.252. The van der Waals surface area contributed by atoms with E-state index in [0.29, 0.717) is 5.56 Å². The Bertz CT molecular complexity index is 933. The summed E-state index contributed by atoms with van der Waals surface area (Å²) in [4.78, 5) is 11.7. The highest BCUT2D eigenvalue weighted by atomic mass is 16.7. The number of fused-ring (bicyclic) bond motifs is 4. The van der Waals surface area contributed by atoms with Crippen LogP contribution in [-0.4, -0.2) is 19.9 Å². The summed E-state index contributed by atoms with van der Waals surface area (Å²) in [6.07, 6.45) is 2.01. The summed E-state index contributed by atoms with van der Waals surface area (Å²) in [5.74, 6) is 1.17. The number of hydrogen-bond acceptors (Lipinski definition) is 4. The molecular formula is C17H14NO4+. The van der Waals surface area contributed by atoms with Crippen molar-refractivity contribution in [2.75, 3.05) is 13.9 Å². The second-order valence-electron chi connectivity index (χ2n) is 5.26. The van der Waals surface area contributed by atoms with E-state index in [9.17, 15) is 4.79 Å². The molecule has 5 nitrogen and oxygen atoms in total. The number of hydrogen-bond donors (Lipinski definition) is 0. The van der Waals surface area contributed by atoms with E-state index >= 15 is 0 Å². The lowest BCUT2D eigenvalue weighted by Gasteiger charge is -2.06. The molecule has 0 radical (unpaired) electrons. The summed E-state index contributed by atoms with van der Waals surface area (Å²) in [5.41, 5.74) is 1.49. The van der Waals surface area contributed by atoms with Crippen molar-refractivity contribution in [2.45, 2.75) is 0 Å². The molecule has 0 bridgehead atoms. The number of esters is 1. The Kier molecular flexibility index (Phi) is 2.69. The number of carbonyl (C=O) groups is 1. The van der Waals surface area contributed by atoms with E-state index in [2.05, 4.69) is 0 Å². The molecule has 110 valence electrons. The molecule has 5 heteroatoms. The molecular weight excluding hydrogens is 282 g/mol. The van der Waals surface area contributed by atoms with Gasteiger partial charge in [-0.25, -0.2) is 9.36 Å². The SMILES string of the molecule is COC(=O)c1ccc2c3cc4c(cc3c[n+](C)c2c1)OCO4. The van der Waals surface area contributed by atoms with E-state index in [4.69, 9.17) is 14.2 Å². The summed E-state index contributed by atoms with van der Waals surface area (Å²) >= 11 is 0. The average molecular weight is 296 g/mol. The summed E-state index contributed by atoms with van der Waals surface area (Å²) in [7, 11) is 3.33. The number of nitrogens with zero attached hydrogens (tertiary/aromatic N) is 1. The fourth-order valence-corrected chi connectivity index (χ4v) is 2.87. The average Bonchev–Trinajstić information content (AvgIpc) is 2.99. The lowest BCUT2D eigenvalue weighted by atomic mass is 10.0. The summed E-state index contributed by atoms with van der Waals surface area (Å²) in [5, 5.41) is 3.17. The van der Waals surface area contributed by atoms with E-state index in [1.54, 1.807) is 6.07 Å². The minimum atomic E-state index is -0.340. The molecule has 0 N–H and O–H groups in total. The van der Waals surface area contributed by atoms with Gasteiger partial charge in [0.05, 0.1) is 23.4 Å². The molecule has 0 spiro atoms. The van der Waals surface area contributed by atoms with Crippen LogP contribution in [0.1, 0.15) is 10.4 Å². The molecule has 0 unspecified atom stereocenters. The number of benzene rings is 2. The molecule has 2 aromatic carbocycles. The van der Waals surface area contributed by atoms with Crippen molar-refractivity contribution < 1.29 is 23.6 Å². The fraction of sp³-hybridized carbons (Fsp3) is 0.176. The Labute approximate surface area is 126 Å². The van der Waals surface area contributed by atoms with Crippen LogP contribution in [0.15, 0.2) is 36.5 Å². The van der Waals surface area contributed by atoms with E-state index in [1.807, 2.05) is 42.1 Å². The first-order valence-corrected chi connectivity index (χ1v) is 6.91. The highest BCUT2D eigenvalue weighted by Crippen LogP contribution is 2.37. The number of ether oxygens (including phenoxy) is 3. The number of carbonyl (C=O) groups excluding carboxylic acids is 1. The van der Waals surface area contributed by atoms with E-state index in [-0.39, 0.29) is 12.8 Å². The molecule has 0 saturated heterocycles. The van der Waals surface area contributed by atoms with Crippen LogP contribution >= 0.6 is 0 Å². The van der Waals surface area contributed by atoms with Crippen LogP contribution in [0.3, 0.4) is 0 Å². The first-order valence-electron chi connectivity index (χ1n) is 6.91. The quantitative estimate of drug-likeness (QED) is 0.393. The molecule has 1 aliphatic rings. The van der Waals surface area contributed by atoms with Gasteiger partial charge in [0.15, 0.2) is 17.7 Å². The molecule has 0 saturated carbocycles. The van der Waals surface area contributed by atoms with Gasteiger partial charge >= 0.3 is 5.97 Å². The predicted molar refractivity (Wildman–Crippen MR) is 80.1 cm³/mol. The molecule has 1 aliphatic heterocycles. The zero-order valence-corrected chi connectivity index (χ0v) is 12.3. The smallest absolute Gasteiger partial charge is 0.338 e. The van der Waals surface area contributed by atoms with Gasteiger partial charge in [0.25, 0.3) is 0 Å². The van der Waals surface area contributed by atoms with E-state index in [0.717, 1.165) is 33.2 Å². The Hall–Kier alpha value is -2.82. The number of methoxy groups -OCH3 is 1. The lowest BCUT2D eigenvalue weighted by Crippen LogP contribution is -2.28. The zero-order valence-electron chi connectivity index (χ0n) is 12.3. The first-order chi connectivity index (χ1) is 10.7. The summed E-state index contributed by atoms with van der Waals surface area (Å²) in [6, 6.07) is 9.51. The van der Waals surface area contributed by atoms with Gasteiger partial charge in [-0.1, -0.05) is 0 Å². The minimum absolute atomic E-state index is 0.252. The van der Waals surface area contributed by atoms with Gasteiger partial charge < -0.3 is 14.2 Å².